The van der Waals surface area contributed by atoms with Gasteiger partial charge in [0, 0.05) is 42.6 Å². The molecule has 1 aliphatic carbocycles. The van der Waals surface area contributed by atoms with Crippen LogP contribution in [0.25, 0.3) is 11.3 Å². The molecule has 11 nitrogen and oxygen atoms in total. The molecule has 2 aromatic heterocycles. The minimum absolute atomic E-state index is 0.124. The van der Waals surface area contributed by atoms with Gasteiger partial charge in [-0.15, -0.1) is 0 Å². The van der Waals surface area contributed by atoms with Crippen LogP contribution in [-0.2, 0) is 9.53 Å². The molecule has 2 fully saturated rings. The number of carbonyl (C=O) groups is 2. The minimum Gasteiger partial charge on any atom is -0.442 e. The van der Waals surface area contributed by atoms with Crippen molar-refractivity contribution < 1.29 is 18.7 Å². The number of amides is 1. The Morgan fingerprint density at radius 2 is 1.66 bits per heavy atom. The lowest BCUT2D eigenvalue weighted by Gasteiger charge is -2.36. The molecule has 1 saturated carbocycles. The highest BCUT2D eigenvalue weighted by molar-refractivity contribution is 5.99. The molecule has 0 spiro atoms. The molecule has 2 aromatic carbocycles. The van der Waals surface area contributed by atoms with Crippen molar-refractivity contribution in [1.29, 1.82) is 0 Å². The molecule has 3 heterocycles. The van der Waals surface area contributed by atoms with E-state index in [4.69, 9.17) is 16.2 Å². The Kier molecular flexibility index (Phi) is 10.2. The van der Waals surface area contributed by atoms with Gasteiger partial charge < -0.3 is 26.4 Å². The first-order chi connectivity index (χ1) is 22.9. The van der Waals surface area contributed by atoms with E-state index in [9.17, 15) is 14.0 Å². The predicted octanol–water partition coefficient (Wildman–Crippen LogP) is 5.00. The molecule has 4 aromatic rings. The van der Waals surface area contributed by atoms with Crippen LogP contribution in [0.3, 0.4) is 0 Å². The highest BCUT2D eigenvalue weighted by atomic mass is 19.1. The van der Waals surface area contributed by atoms with Crippen molar-refractivity contribution in [3.63, 3.8) is 0 Å². The van der Waals surface area contributed by atoms with Gasteiger partial charge >= 0.3 is 5.97 Å². The number of hydrogen-bond acceptors (Lipinski definition) is 9. The third-order valence-electron chi connectivity index (χ3n) is 9.32. The predicted molar refractivity (Wildman–Crippen MR) is 177 cm³/mol. The number of anilines is 2. The second-order valence-corrected chi connectivity index (χ2v) is 12.5. The van der Waals surface area contributed by atoms with Crippen LogP contribution in [0.4, 0.5) is 15.9 Å². The summed E-state index contributed by atoms with van der Waals surface area (Å²) in [5.74, 6) is -0.624. The van der Waals surface area contributed by atoms with Gasteiger partial charge in [-0.25, -0.2) is 19.2 Å². The Hall–Kier alpha value is -4.68. The van der Waals surface area contributed by atoms with E-state index >= 15 is 0 Å². The summed E-state index contributed by atoms with van der Waals surface area (Å²) in [6.07, 6.45) is 10.9. The quantitative estimate of drug-likeness (QED) is 0.203. The number of carbonyl (C=O) groups excluding carboxylic acids is 2. The van der Waals surface area contributed by atoms with Crippen LogP contribution in [0, 0.1) is 17.7 Å². The molecule has 0 bridgehead atoms. The van der Waals surface area contributed by atoms with Gasteiger partial charge in [0.15, 0.2) is 11.5 Å². The molecule has 1 amide bonds. The number of nitrogens with one attached hydrogen (secondary N) is 1. The smallest absolute Gasteiger partial charge is 0.361 e. The fraction of sp³-hybridized carbons (Fsp3) is 0.400. The summed E-state index contributed by atoms with van der Waals surface area (Å²) in [5, 5.41) is 7.29. The molecule has 12 heteroatoms. The number of nitrogens with two attached hydrogens (primary N) is 2. The highest BCUT2D eigenvalue weighted by Crippen LogP contribution is 2.31. The van der Waals surface area contributed by atoms with Gasteiger partial charge in [0.2, 0.25) is 6.10 Å². The molecule has 5 N–H and O–H groups in total. The van der Waals surface area contributed by atoms with E-state index in [1.165, 1.54) is 56.1 Å². The number of esters is 1. The Balaban J connectivity index is 1.11. The number of nitrogen functional groups attached to an aromatic ring is 1. The maximum Gasteiger partial charge on any atom is 0.361 e. The van der Waals surface area contributed by atoms with Gasteiger partial charge in [-0.05, 0) is 81.2 Å². The van der Waals surface area contributed by atoms with E-state index in [0.717, 1.165) is 44.9 Å². The van der Waals surface area contributed by atoms with Crippen LogP contribution in [0.2, 0.25) is 0 Å². The van der Waals surface area contributed by atoms with Crippen LogP contribution in [0.5, 0.6) is 0 Å². The van der Waals surface area contributed by atoms with Gasteiger partial charge in [0.25, 0.3) is 5.91 Å². The lowest BCUT2D eigenvalue weighted by atomic mass is 9.81. The third-order valence-corrected chi connectivity index (χ3v) is 9.32. The van der Waals surface area contributed by atoms with Gasteiger partial charge in [-0.1, -0.05) is 30.3 Å². The number of ether oxygens (including phenoxy) is 1. The number of rotatable bonds is 10. The first-order valence-electron chi connectivity index (χ1n) is 16.3. The van der Waals surface area contributed by atoms with Gasteiger partial charge in [-0.3, -0.25) is 9.48 Å². The zero-order valence-corrected chi connectivity index (χ0v) is 26.3. The number of piperidine rings is 1. The maximum atomic E-state index is 13.4. The minimum atomic E-state index is -1.33. The van der Waals surface area contributed by atoms with Crippen LogP contribution in [-0.4, -0.2) is 62.7 Å². The highest BCUT2D eigenvalue weighted by Gasteiger charge is 2.29. The van der Waals surface area contributed by atoms with Crippen molar-refractivity contribution in [3.8, 4) is 11.3 Å². The van der Waals surface area contributed by atoms with Crippen molar-refractivity contribution in [3.05, 3.63) is 90.3 Å². The number of aromatic nitrogens is 4. The fourth-order valence-electron chi connectivity index (χ4n) is 6.54. The van der Waals surface area contributed by atoms with Gasteiger partial charge in [-0.2, -0.15) is 5.10 Å². The summed E-state index contributed by atoms with van der Waals surface area (Å²) in [5.41, 5.74) is 13.6. The van der Waals surface area contributed by atoms with Crippen LogP contribution >= 0.6 is 0 Å². The van der Waals surface area contributed by atoms with Crippen LogP contribution < -0.4 is 16.8 Å². The maximum absolute atomic E-state index is 13.4. The summed E-state index contributed by atoms with van der Waals surface area (Å²) >= 11 is 0. The summed E-state index contributed by atoms with van der Waals surface area (Å²) in [7, 11) is 0. The molecule has 1 saturated heterocycles. The summed E-state index contributed by atoms with van der Waals surface area (Å²) in [6, 6.07) is 14.1. The van der Waals surface area contributed by atoms with Crippen LogP contribution in [0.1, 0.15) is 66.7 Å². The molecule has 6 rings (SSSR count). The zero-order valence-electron chi connectivity index (χ0n) is 26.3. The van der Waals surface area contributed by atoms with E-state index in [0.29, 0.717) is 28.4 Å². The van der Waals surface area contributed by atoms with Crippen molar-refractivity contribution in [2.45, 2.75) is 50.7 Å². The zero-order chi connectivity index (χ0) is 32.8. The van der Waals surface area contributed by atoms with Crippen molar-refractivity contribution >= 4 is 23.4 Å². The van der Waals surface area contributed by atoms with Crippen molar-refractivity contribution in [2.75, 3.05) is 37.2 Å². The number of likely N-dealkylation sites (tertiary alicyclic amines) is 1. The second kappa shape index (κ2) is 14.8. The Morgan fingerprint density at radius 1 is 0.957 bits per heavy atom. The molecule has 1 atom stereocenters. The standard InChI is InChI=1S/C35H41FN8O3/c36-27-10-12-28(13-11-27)41-34(45)32(25-4-2-1-3-5-25)47-35(46)31-33(38)39-20-30(42-31)26-19-40-44(22-26)29-14-16-43(17-15-29)21-24-8-6-23(18-37)7-9-24/h1-5,10-13,19-20,22-24,29,32H,6-9,14-18,21,37H2,(H2,38,39)(H,41,45)/t23?,24?,32-/m1/s1. The van der Waals surface area contributed by atoms with E-state index in [2.05, 4.69) is 25.3 Å². The lowest BCUT2D eigenvalue weighted by Crippen LogP contribution is -2.39. The first-order valence-corrected chi connectivity index (χ1v) is 16.3. The lowest BCUT2D eigenvalue weighted by molar-refractivity contribution is -0.125. The Bertz CT molecular complexity index is 1650. The Morgan fingerprint density at radius 3 is 2.36 bits per heavy atom. The van der Waals surface area contributed by atoms with E-state index in [1.54, 1.807) is 36.5 Å². The van der Waals surface area contributed by atoms with Crippen molar-refractivity contribution in [2.24, 2.45) is 17.6 Å². The van der Waals surface area contributed by atoms with E-state index < -0.39 is 23.8 Å². The second-order valence-electron chi connectivity index (χ2n) is 12.5. The SMILES string of the molecule is NCC1CCC(CN2CCC(n3cc(-c4cnc(N)c(C(=O)O[C@@H](C(=O)Nc5ccc(F)cc5)c5ccccc5)n4)cn3)CC2)CC1. The molecule has 0 radical (unpaired) electrons. The molecule has 47 heavy (non-hydrogen) atoms. The monoisotopic (exact) mass is 640 g/mol. The molecule has 246 valence electrons. The molecule has 0 unspecified atom stereocenters. The number of halogens is 1. The summed E-state index contributed by atoms with van der Waals surface area (Å²) in [4.78, 5) is 38.0. The topological polar surface area (TPSA) is 154 Å². The third kappa shape index (κ3) is 8.01. The average molecular weight is 641 g/mol. The number of hydrogen-bond donors (Lipinski definition) is 3. The summed E-state index contributed by atoms with van der Waals surface area (Å²) in [6.45, 7) is 4.04. The largest absolute Gasteiger partial charge is 0.442 e. The first kappa shape index (κ1) is 32.3. The number of benzene rings is 2. The van der Waals surface area contributed by atoms with Crippen molar-refractivity contribution in [1.82, 2.24) is 24.6 Å². The normalized spacial score (nSPS) is 19.6. The Labute approximate surface area is 273 Å². The number of nitrogens with zero attached hydrogens (tertiary/aromatic N) is 5. The van der Waals surface area contributed by atoms with Crippen LogP contribution in [0.15, 0.2) is 73.2 Å². The molecular formula is C35H41FN8O3. The fourth-order valence-corrected chi connectivity index (χ4v) is 6.54. The average Bonchev–Trinajstić information content (AvgIpc) is 3.60. The summed E-state index contributed by atoms with van der Waals surface area (Å²) < 4.78 is 21.0. The van der Waals surface area contributed by atoms with E-state index in [1.807, 2.05) is 10.9 Å². The molecule has 2 aliphatic rings. The molecule has 1 aliphatic heterocycles. The molecular weight excluding hydrogens is 599 g/mol. The van der Waals surface area contributed by atoms with Gasteiger partial charge in [0.1, 0.15) is 5.82 Å². The van der Waals surface area contributed by atoms with E-state index in [-0.39, 0.29) is 17.6 Å². The van der Waals surface area contributed by atoms with Gasteiger partial charge in [0.05, 0.1) is 24.1 Å².